The summed E-state index contributed by atoms with van der Waals surface area (Å²) in [6.07, 6.45) is 0. The van der Waals surface area contributed by atoms with Crippen molar-refractivity contribution < 1.29 is 9.09 Å². The smallest absolute Gasteiger partial charge is 0.218 e. The quantitative estimate of drug-likeness (QED) is 0.644. The molecule has 10 heavy (non-hydrogen) atoms. The molecule has 0 aliphatic carbocycles. The van der Waals surface area contributed by atoms with Gasteiger partial charge in [0.15, 0.2) is 0 Å². The first-order valence-electron chi connectivity index (χ1n) is 3.19. The van der Waals surface area contributed by atoms with Crippen LogP contribution < -0.4 is 5.32 Å². The SMILES string of the molecule is CNC(C)(C)P(C)(=O)OC. The van der Waals surface area contributed by atoms with E-state index in [1.807, 2.05) is 13.8 Å². The maximum Gasteiger partial charge on any atom is 0.218 e. The van der Waals surface area contributed by atoms with Gasteiger partial charge >= 0.3 is 0 Å². The summed E-state index contributed by atoms with van der Waals surface area (Å²) in [5, 5.41) is 2.52. The molecule has 1 N–H and O–H groups in total. The van der Waals surface area contributed by atoms with Crippen molar-refractivity contribution in [2.45, 2.75) is 19.1 Å². The largest absolute Gasteiger partial charge is 0.331 e. The Morgan fingerprint density at radius 2 is 1.90 bits per heavy atom. The summed E-state index contributed by atoms with van der Waals surface area (Å²) in [5.41, 5.74) is 0. The molecule has 0 aromatic rings. The zero-order valence-corrected chi connectivity index (χ0v) is 8.16. The van der Waals surface area contributed by atoms with E-state index in [4.69, 9.17) is 4.52 Å². The molecule has 0 heterocycles. The van der Waals surface area contributed by atoms with Crippen molar-refractivity contribution in [1.29, 1.82) is 0 Å². The Hall–Kier alpha value is 0.150. The Morgan fingerprint density at radius 3 is 2.00 bits per heavy atom. The highest BCUT2D eigenvalue weighted by Crippen LogP contribution is 2.52. The van der Waals surface area contributed by atoms with Gasteiger partial charge in [-0.3, -0.25) is 4.57 Å². The first-order valence-corrected chi connectivity index (χ1v) is 5.27. The topological polar surface area (TPSA) is 38.3 Å². The second-order valence-corrected chi connectivity index (χ2v) is 6.01. The van der Waals surface area contributed by atoms with Crippen LogP contribution in [0.1, 0.15) is 13.8 Å². The van der Waals surface area contributed by atoms with Crippen molar-refractivity contribution in [3.63, 3.8) is 0 Å². The second kappa shape index (κ2) is 3.04. The lowest BCUT2D eigenvalue weighted by Crippen LogP contribution is -2.35. The molecule has 0 rings (SSSR count). The Labute approximate surface area is 62.6 Å². The summed E-state index contributed by atoms with van der Waals surface area (Å²) in [4.78, 5) is 0. The molecule has 0 aromatic heterocycles. The van der Waals surface area contributed by atoms with Gasteiger partial charge in [-0.25, -0.2) is 0 Å². The monoisotopic (exact) mass is 165 g/mol. The number of nitrogens with one attached hydrogen (secondary N) is 1. The lowest BCUT2D eigenvalue weighted by atomic mass is 10.4. The van der Waals surface area contributed by atoms with E-state index in [-0.39, 0.29) is 0 Å². The number of hydrogen-bond donors (Lipinski definition) is 1. The molecule has 62 valence electrons. The van der Waals surface area contributed by atoms with Gasteiger partial charge in [0.05, 0.1) is 5.28 Å². The van der Waals surface area contributed by atoms with Gasteiger partial charge in [-0.1, -0.05) is 0 Å². The fraction of sp³-hybridized carbons (Fsp3) is 1.00. The lowest BCUT2D eigenvalue weighted by molar-refractivity contribution is 0.359. The second-order valence-electron chi connectivity index (χ2n) is 2.84. The summed E-state index contributed by atoms with van der Waals surface area (Å²) < 4.78 is 16.4. The molecule has 0 spiro atoms. The zero-order valence-electron chi connectivity index (χ0n) is 7.26. The van der Waals surface area contributed by atoms with Crippen LogP contribution in [-0.4, -0.2) is 26.1 Å². The third kappa shape index (κ3) is 1.82. The average Bonchev–Trinajstić information content (AvgIpc) is 1.88. The standard InChI is InChI=1S/C6H16NO2P/c1-6(2,7-3)10(5,8)9-4/h7H,1-5H3. The van der Waals surface area contributed by atoms with Crippen LogP contribution in [0, 0.1) is 0 Å². The van der Waals surface area contributed by atoms with E-state index >= 15 is 0 Å². The minimum absolute atomic E-state index is 0.429. The highest BCUT2D eigenvalue weighted by atomic mass is 31.2. The minimum Gasteiger partial charge on any atom is -0.331 e. The molecule has 4 heteroatoms. The summed E-state index contributed by atoms with van der Waals surface area (Å²) in [6.45, 7) is 5.35. The van der Waals surface area contributed by atoms with Crippen molar-refractivity contribution >= 4 is 7.37 Å². The first kappa shape index (κ1) is 10.2. The van der Waals surface area contributed by atoms with Crippen LogP contribution in [0.2, 0.25) is 0 Å². The molecule has 0 saturated carbocycles. The predicted molar refractivity (Wildman–Crippen MR) is 43.7 cm³/mol. The van der Waals surface area contributed by atoms with Gasteiger partial charge in [0.1, 0.15) is 0 Å². The third-order valence-corrected chi connectivity index (χ3v) is 4.93. The summed E-state index contributed by atoms with van der Waals surface area (Å²) in [5.74, 6) is 0. The molecular weight excluding hydrogens is 149 g/mol. The molecule has 0 radical (unpaired) electrons. The summed E-state index contributed by atoms with van der Waals surface area (Å²) in [6, 6.07) is 0. The third-order valence-electron chi connectivity index (χ3n) is 1.98. The van der Waals surface area contributed by atoms with E-state index in [2.05, 4.69) is 5.32 Å². The van der Waals surface area contributed by atoms with Crippen LogP contribution in [0.5, 0.6) is 0 Å². The summed E-state index contributed by atoms with van der Waals surface area (Å²) >= 11 is 0. The van der Waals surface area contributed by atoms with Crippen molar-refractivity contribution in [3.8, 4) is 0 Å². The van der Waals surface area contributed by atoms with Crippen molar-refractivity contribution in [2.75, 3.05) is 20.8 Å². The summed E-state index contributed by atoms with van der Waals surface area (Å²) in [7, 11) is 0.758. The maximum absolute atomic E-state index is 11.6. The van der Waals surface area contributed by atoms with E-state index in [9.17, 15) is 4.57 Å². The molecule has 0 saturated heterocycles. The van der Waals surface area contributed by atoms with Crippen LogP contribution in [0.3, 0.4) is 0 Å². The molecule has 0 amide bonds. The number of hydrogen-bond acceptors (Lipinski definition) is 3. The first-order chi connectivity index (χ1) is 4.37. The highest BCUT2D eigenvalue weighted by molar-refractivity contribution is 7.59. The van der Waals surface area contributed by atoms with Crippen molar-refractivity contribution in [1.82, 2.24) is 5.32 Å². The van der Waals surface area contributed by atoms with Crippen LogP contribution >= 0.6 is 7.37 Å². The van der Waals surface area contributed by atoms with Gasteiger partial charge in [0.2, 0.25) is 7.37 Å². The van der Waals surface area contributed by atoms with Gasteiger partial charge in [-0.2, -0.15) is 0 Å². The Kier molecular flexibility index (Phi) is 3.08. The van der Waals surface area contributed by atoms with E-state index in [0.717, 1.165) is 0 Å². The number of rotatable bonds is 3. The molecule has 1 atom stereocenters. The minimum atomic E-state index is -2.49. The van der Waals surface area contributed by atoms with Gasteiger partial charge in [-0.15, -0.1) is 0 Å². The molecule has 1 unspecified atom stereocenters. The molecule has 3 nitrogen and oxygen atoms in total. The van der Waals surface area contributed by atoms with Gasteiger partial charge in [-0.05, 0) is 20.9 Å². The molecule has 0 aromatic carbocycles. The fourth-order valence-corrected chi connectivity index (χ4v) is 1.29. The zero-order chi connectivity index (χ0) is 8.41. The van der Waals surface area contributed by atoms with E-state index < -0.39 is 12.6 Å². The molecular formula is C6H16NO2P. The fourth-order valence-electron chi connectivity index (χ4n) is 0.431. The van der Waals surface area contributed by atoms with Gasteiger partial charge in [0, 0.05) is 13.8 Å². The molecule has 0 aliphatic rings. The predicted octanol–water partition coefficient (Wildman–Crippen LogP) is 1.50. The van der Waals surface area contributed by atoms with Crippen LogP contribution in [0.25, 0.3) is 0 Å². The lowest BCUT2D eigenvalue weighted by Gasteiger charge is -2.29. The molecule has 0 fully saturated rings. The van der Waals surface area contributed by atoms with Crippen LogP contribution in [0.4, 0.5) is 0 Å². The normalized spacial score (nSPS) is 18.5. The molecule has 0 aliphatic heterocycles. The Bertz CT molecular complexity index is 156. The van der Waals surface area contributed by atoms with Crippen molar-refractivity contribution in [3.05, 3.63) is 0 Å². The Balaban J connectivity index is 4.45. The van der Waals surface area contributed by atoms with E-state index in [1.165, 1.54) is 7.11 Å². The average molecular weight is 165 g/mol. The van der Waals surface area contributed by atoms with Gasteiger partial charge < -0.3 is 9.84 Å². The van der Waals surface area contributed by atoms with E-state index in [1.54, 1.807) is 13.7 Å². The van der Waals surface area contributed by atoms with Crippen LogP contribution in [0.15, 0.2) is 0 Å². The maximum atomic E-state index is 11.6. The van der Waals surface area contributed by atoms with Gasteiger partial charge in [0.25, 0.3) is 0 Å². The van der Waals surface area contributed by atoms with E-state index in [0.29, 0.717) is 0 Å². The Morgan fingerprint density at radius 1 is 1.50 bits per heavy atom. The van der Waals surface area contributed by atoms with Crippen molar-refractivity contribution in [2.24, 2.45) is 0 Å². The molecule has 0 bridgehead atoms. The van der Waals surface area contributed by atoms with Crippen LogP contribution in [-0.2, 0) is 9.09 Å². The highest BCUT2D eigenvalue weighted by Gasteiger charge is 2.34.